The highest BCUT2D eigenvalue weighted by atomic mass is 16.1. The van der Waals surface area contributed by atoms with Crippen molar-refractivity contribution < 1.29 is 4.79 Å². The van der Waals surface area contributed by atoms with E-state index in [9.17, 15) is 4.79 Å². The van der Waals surface area contributed by atoms with Gasteiger partial charge in [-0.15, -0.1) is 0 Å². The van der Waals surface area contributed by atoms with Gasteiger partial charge in [-0.2, -0.15) is 5.10 Å². The molecule has 2 N–H and O–H groups in total. The van der Waals surface area contributed by atoms with E-state index in [1.54, 1.807) is 6.20 Å². The highest BCUT2D eigenvalue weighted by molar-refractivity contribution is 5.94. The first kappa shape index (κ1) is 12.9. The molecule has 1 fully saturated rings. The largest absolute Gasteiger partial charge is 0.352 e. The molecular formula is C15H18N4O. The smallest absolute Gasteiger partial charge is 0.251 e. The Kier molecular flexibility index (Phi) is 3.52. The van der Waals surface area contributed by atoms with Crippen LogP contribution in [0.3, 0.4) is 0 Å². The zero-order valence-corrected chi connectivity index (χ0v) is 11.5. The van der Waals surface area contributed by atoms with Crippen LogP contribution < -0.4 is 10.6 Å². The van der Waals surface area contributed by atoms with E-state index in [-0.39, 0.29) is 5.91 Å². The number of carbonyl (C=O) groups is 1. The van der Waals surface area contributed by atoms with Gasteiger partial charge in [0.25, 0.3) is 5.91 Å². The molecule has 0 aliphatic carbocycles. The van der Waals surface area contributed by atoms with Crippen LogP contribution in [0.4, 0.5) is 0 Å². The number of hydrogen-bond acceptors (Lipinski definition) is 3. The fourth-order valence-corrected chi connectivity index (χ4v) is 2.23. The molecule has 0 saturated carbocycles. The number of nitrogens with one attached hydrogen (secondary N) is 2. The van der Waals surface area contributed by atoms with E-state index in [0.29, 0.717) is 11.5 Å². The van der Waals surface area contributed by atoms with Gasteiger partial charge in [-0.1, -0.05) is 0 Å². The van der Waals surface area contributed by atoms with Gasteiger partial charge in [-0.05, 0) is 37.3 Å². The first-order valence-electron chi connectivity index (χ1n) is 6.84. The Bertz CT molecular complexity index is 599. The van der Waals surface area contributed by atoms with Crippen molar-refractivity contribution in [1.29, 1.82) is 0 Å². The third kappa shape index (κ3) is 2.58. The lowest BCUT2D eigenvalue weighted by Crippen LogP contribution is -2.48. The molecule has 1 saturated heterocycles. The lowest BCUT2D eigenvalue weighted by atomic mass is 10.0. The summed E-state index contributed by atoms with van der Waals surface area (Å²) in [5.74, 6) is 0.561. The van der Waals surface area contributed by atoms with Crippen molar-refractivity contribution in [2.45, 2.75) is 6.92 Å². The van der Waals surface area contributed by atoms with E-state index in [1.807, 2.05) is 41.9 Å². The van der Waals surface area contributed by atoms with Gasteiger partial charge in [0.05, 0.1) is 5.69 Å². The zero-order chi connectivity index (χ0) is 13.9. The summed E-state index contributed by atoms with van der Waals surface area (Å²) in [5.41, 5.74) is 2.72. The van der Waals surface area contributed by atoms with E-state index < -0.39 is 0 Å². The van der Waals surface area contributed by atoms with Crippen molar-refractivity contribution in [2.24, 2.45) is 5.92 Å². The van der Waals surface area contributed by atoms with Crippen LogP contribution in [0.15, 0.2) is 36.5 Å². The van der Waals surface area contributed by atoms with Crippen LogP contribution >= 0.6 is 0 Å². The van der Waals surface area contributed by atoms with Crippen LogP contribution in [0, 0.1) is 12.8 Å². The number of aryl methyl sites for hydroxylation is 1. The Morgan fingerprint density at radius 1 is 1.35 bits per heavy atom. The van der Waals surface area contributed by atoms with E-state index in [1.165, 1.54) is 0 Å². The molecule has 5 heteroatoms. The molecule has 3 rings (SSSR count). The Labute approximate surface area is 118 Å². The molecule has 5 nitrogen and oxygen atoms in total. The SMILES string of the molecule is Cc1ccnn1-c1ccc(C(=O)NCC2CNC2)cc1. The van der Waals surface area contributed by atoms with Crippen molar-refractivity contribution in [3.63, 3.8) is 0 Å². The summed E-state index contributed by atoms with van der Waals surface area (Å²) in [4.78, 5) is 12.0. The highest BCUT2D eigenvalue weighted by Gasteiger charge is 2.17. The minimum absolute atomic E-state index is 0.0133. The van der Waals surface area contributed by atoms with E-state index in [0.717, 1.165) is 31.0 Å². The van der Waals surface area contributed by atoms with E-state index in [2.05, 4.69) is 15.7 Å². The standard InChI is InChI=1S/C15H18N4O/c1-11-6-7-18-19(11)14-4-2-13(3-5-14)15(20)17-10-12-8-16-9-12/h2-7,12,16H,8-10H2,1H3,(H,17,20). The van der Waals surface area contributed by atoms with Gasteiger partial charge in [0, 0.05) is 43.0 Å². The summed E-state index contributed by atoms with van der Waals surface area (Å²) in [6, 6.07) is 9.46. The number of aromatic nitrogens is 2. The molecule has 2 aromatic rings. The number of rotatable bonds is 4. The number of nitrogens with zero attached hydrogens (tertiary/aromatic N) is 2. The maximum atomic E-state index is 12.0. The second-order valence-corrected chi connectivity index (χ2v) is 5.17. The zero-order valence-electron chi connectivity index (χ0n) is 11.5. The summed E-state index contributed by atoms with van der Waals surface area (Å²) in [6.45, 7) is 4.74. The molecule has 1 amide bonds. The molecule has 1 aromatic carbocycles. The second-order valence-electron chi connectivity index (χ2n) is 5.17. The highest BCUT2D eigenvalue weighted by Crippen LogP contribution is 2.11. The molecule has 20 heavy (non-hydrogen) atoms. The van der Waals surface area contributed by atoms with E-state index in [4.69, 9.17) is 0 Å². The average Bonchev–Trinajstić information content (AvgIpc) is 2.83. The summed E-state index contributed by atoms with van der Waals surface area (Å²) < 4.78 is 1.85. The Hall–Kier alpha value is -2.14. The molecule has 0 atom stereocenters. The third-order valence-electron chi connectivity index (χ3n) is 3.62. The summed E-state index contributed by atoms with van der Waals surface area (Å²) in [5, 5.41) is 10.4. The Morgan fingerprint density at radius 2 is 2.10 bits per heavy atom. The first-order valence-corrected chi connectivity index (χ1v) is 6.84. The van der Waals surface area contributed by atoms with Gasteiger partial charge in [0.15, 0.2) is 0 Å². The molecule has 1 aliphatic heterocycles. The van der Waals surface area contributed by atoms with Crippen LogP contribution in [0.2, 0.25) is 0 Å². The van der Waals surface area contributed by atoms with Crippen LogP contribution in [0.5, 0.6) is 0 Å². The molecule has 1 aromatic heterocycles. The maximum Gasteiger partial charge on any atom is 0.251 e. The monoisotopic (exact) mass is 270 g/mol. The maximum absolute atomic E-state index is 12.0. The normalized spacial score (nSPS) is 14.8. The minimum Gasteiger partial charge on any atom is -0.352 e. The molecule has 0 unspecified atom stereocenters. The van der Waals surface area contributed by atoms with Crippen molar-refractivity contribution in [2.75, 3.05) is 19.6 Å². The van der Waals surface area contributed by atoms with Crippen molar-refractivity contribution >= 4 is 5.91 Å². The summed E-state index contributed by atoms with van der Waals surface area (Å²) in [6.07, 6.45) is 1.77. The predicted molar refractivity (Wildman–Crippen MR) is 77.0 cm³/mol. The third-order valence-corrected chi connectivity index (χ3v) is 3.62. The molecule has 0 spiro atoms. The lowest BCUT2D eigenvalue weighted by molar-refractivity contribution is 0.0942. The minimum atomic E-state index is -0.0133. The number of benzene rings is 1. The van der Waals surface area contributed by atoms with Crippen LogP contribution in [-0.4, -0.2) is 35.3 Å². The summed E-state index contributed by atoms with van der Waals surface area (Å²) >= 11 is 0. The second kappa shape index (κ2) is 5.46. The van der Waals surface area contributed by atoms with Gasteiger partial charge < -0.3 is 10.6 Å². The quantitative estimate of drug-likeness (QED) is 0.875. The van der Waals surface area contributed by atoms with Crippen molar-refractivity contribution in [3.8, 4) is 5.69 Å². The number of carbonyl (C=O) groups excluding carboxylic acids is 1. The molecule has 1 aliphatic rings. The topological polar surface area (TPSA) is 59.0 Å². The number of amides is 1. The molecule has 2 heterocycles. The Morgan fingerprint density at radius 3 is 2.65 bits per heavy atom. The van der Waals surface area contributed by atoms with Crippen LogP contribution in [-0.2, 0) is 0 Å². The fourth-order valence-electron chi connectivity index (χ4n) is 2.23. The predicted octanol–water partition coefficient (Wildman–Crippen LogP) is 1.13. The van der Waals surface area contributed by atoms with E-state index >= 15 is 0 Å². The average molecular weight is 270 g/mol. The van der Waals surface area contributed by atoms with Gasteiger partial charge >= 0.3 is 0 Å². The van der Waals surface area contributed by atoms with Gasteiger partial charge in [0.2, 0.25) is 0 Å². The molecule has 104 valence electrons. The fraction of sp³-hybridized carbons (Fsp3) is 0.333. The van der Waals surface area contributed by atoms with Crippen molar-refractivity contribution in [3.05, 3.63) is 47.8 Å². The molecular weight excluding hydrogens is 252 g/mol. The molecule has 0 radical (unpaired) electrons. The molecule has 0 bridgehead atoms. The summed E-state index contributed by atoms with van der Waals surface area (Å²) in [7, 11) is 0. The number of hydrogen-bond donors (Lipinski definition) is 2. The lowest BCUT2D eigenvalue weighted by Gasteiger charge is -2.27. The van der Waals surface area contributed by atoms with Crippen LogP contribution in [0.1, 0.15) is 16.1 Å². The van der Waals surface area contributed by atoms with Gasteiger partial charge in [0.1, 0.15) is 0 Å². The first-order chi connectivity index (χ1) is 9.74. The van der Waals surface area contributed by atoms with Gasteiger partial charge in [-0.3, -0.25) is 4.79 Å². The van der Waals surface area contributed by atoms with Gasteiger partial charge in [-0.25, -0.2) is 4.68 Å². The van der Waals surface area contributed by atoms with Crippen LogP contribution in [0.25, 0.3) is 5.69 Å². The Balaban J connectivity index is 1.66. The van der Waals surface area contributed by atoms with Crippen molar-refractivity contribution in [1.82, 2.24) is 20.4 Å².